The molecular formula is C18H18ClN3O3S. The highest BCUT2D eigenvalue weighted by Crippen LogP contribution is 2.35. The quantitative estimate of drug-likeness (QED) is 0.653. The summed E-state index contributed by atoms with van der Waals surface area (Å²) in [5.74, 6) is -0.729. The van der Waals surface area contributed by atoms with E-state index in [9.17, 15) is 14.7 Å². The molecule has 0 aliphatic rings. The molecule has 0 atom stereocenters. The maximum atomic E-state index is 12.8. The first-order chi connectivity index (χ1) is 12.4. The van der Waals surface area contributed by atoms with Gasteiger partial charge in [0.2, 0.25) is 11.7 Å². The Morgan fingerprint density at radius 1 is 1.31 bits per heavy atom. The van der Waals surface area contributed by atoms with Crippen molar-refractivity contribution in [2.45, 2.75) is 0 Å². The number of likely N-dealkylation sites (N-methyl/N-ethyl adjacent to an activating group) is 1. The lowest BCUT2D eigenvalue weighted by molar-refractivity contribution is 0.104. The molecule has 3 aromatic rings. The molecule has 0 radical (unpaired) electrons. The standard InChI is InChI=1S/C18H18ClN3O3S/c1-21(2)8-7-20-18(25)22-13-6-5-11(19)10-12(13)15(17(22)24)16(23)14-4-3-9-26-14/h3-6,9-10,24H,7-8H2,1-2H3,(H,20,25). The highest BCUT2D eigenvalue weighted by atomic mass is 35.5. The number of thiophene rings is 1. The summed E-state index contributed by atoms with van der Waals surface area (Å²) < 4.78 is 1.11. The van der Waals surface area contributed by atoms with E-state index in [4.69, 9.17) is 11.6 Å². The van der Waals surface area contributed by atoms with E-state index >= 15 is 0 Å². The number of nitrogens with one attached hydrogen (secondary N) is 1. The van der Waals surface area contributed by atoms with E-state index in [1.165, 1.54) is 11.3 Å². The Bertz CT molecular complexity index is 964. The predicted molar refractivity (Wildman–Crippen MR) is 104 cm³/mol. The first-order valence-corrected chi connectivity index (χ1v) is 9.20. The van der Waals surface area contributed by atoms with Crippen molar-refractivity contribution in [1.82, 2.24) is 14.8 Å². The van der Waals surface area contributed by atoms with Crippen molar-refractivity contribution in [3.8, 4) is 5.88 Å². The molecule has 0 spiro atoms. The van der Waals surface area contributed by atoms with Crippen molar-refractivity contribution in [2.24, 2.45) is 0 Å². The van der Waals surface area contributed by atoms with Crippen LogP contribution in [0, 0.1) is 0 Å². The Kier molecular flexibility index (Phi) is 5.31. The average Bonchev–Trinajstić information content (AvgIpc) is 3.19. The van der Waals surface area contributed by atoms with Gasteiger partial charge in [-0.3, -0.25) is 4.79 Å². The largest absolute Gasteiger partial charge is 0.494 e. The summed E-state index contributed by atoms with van der Waals surface area (Å²) in [6.07, 6.45) is 0. The molecular weight excluding hydrogens is 374 g/mol. The number of amides is 1. The summed E-state index contributed by atoms with van der Waals surface area (Å²) in [7, 11) is 3.79. The zero-order valence-electron chi connectivity index (χ0n) is 14.3. The molecule has 0 bridgehead atoms. The van der Waals surface area contributed by atoms with Crippen LogP contribution in [-0.4, -0.2) is 53.6 Å². The molecule has 0 saturated carbocycles. The number of hydrogen-bond donors (Lipinski definition) is 2. The van der Waals surface area contributed by atoms with E-state index in [1.807, 2.05) is 19.0 Å². The monoisotopic (exact) mass is 391 g/mol. The minimum absolute atomic E-state index is 0.0766. The molecule has 0 aliphatic heterocycles. The highest BCUT2D eigenvalue weighted by molar-refractivity contribution is 7.12. The SMILES string of the molecule is CN(C)CCNC(=O)n1c(O)c(C(=O)c2cccs2)c2cc(Cl)ccc21. The van der Waals surface area contributed by atoms with Crippen LogP contribution < -0.4 is 5.32 Å². The van der Waals surface area contributed by atoms with Crippen molar-refractivity contribution in [1.29, 1.82) is 0 Å². The van der Waals surface area contributed by atoms with E-state index in [0.29, 0.717) is 33.9 Å². The number of carbonyl (C=O) groups excluding carboxylic acids is 2. The van der Waals surface area contributed by atoms with Crippen LogP contribution in [0.15, 0.2) is 35.7 Å². The third kappa shape index (κ3) is 3.46. The minimum Gasteiger partial charge on any atom is -0.494 e. The van der Waals surface area contributed by atoms with E-state index in [0.717, 1.165) is 4.57 Å². The Morgan fingerprint density at radius 2 is 2.08 bits per heavy atom. The molecule has 2 aromatic heterocycles. The Morgan fingerprint density at radius 3 is 2.73 bits per heavy atom. The van der Waals surface area contributed by atoms with Crippen LogP contribution in [0.2, 0.25) is 5.02 Å². The van der Waals surface area contributed by atoms with Gasteiger partial charge in [-0.25, -0.2) is 9.36 Å². The molecule has 0 saturated heterocycles. The lowest BCUT2D eigenvalue weighted by atomic mass is 10.1. The number of aromatic hydroxyl groups is 1. The number of rotatable bonds is 5. The Balaban J connectivity index is 2.08. The number of ketones is 1. The summed E-state index contributed by atoms with van der Waals surface area (Å²) in [6, 6.07) is 7.76. The molecule has 2 heterocycles. The van der Waals surface area contributed by atoms with E-state index in [2.05, 4.69) is 5.32 Å². The van der Waals surface area contributed by atoms with Crippen LogP contribution in [0.5, 0.6) is 5.88 Å². The van der Waals surface area contributed by atoms with Crippen LogP contribution in [0.3, 0.4) is 0 Å². The van der Waals surface area contributed by atoms with E-state index in [1.54, 1.807) is 35.7 Å². The summed E-state index contributed by atoms with van der Waals surface area (Å²) in [4.78, 5) is 27.9. The van der Waals surface area contributed by atoms with Gasteiger partial charge in [0, 0.05) is 23.5 Å². The fourth-order valence-electron chi connectivity index (χ4n) is 2.68. The lowest BCUT2D eigenvalue weighted by Gasteiger charge is -2.11. The second-order valence-corrected chi connectivity index (χ2v) is 7.42. The molecule has 2 N–H and O–H groups in total. The van der Waals surface area contributed by atoms with Gasteiger partial charge in [0.05, 0.1) is 16.0 Å². The average molecular weight is 392 g/mol. The molecule has 8 heteroatoms. The number of fused-ring (bicyclic) bond motifs is 1. The molecule has 1 aromatic carbocycles. The third-order valence-corrected chi connectivity index (χ3v) is 5.02. The van der Waals surface area contributed by atoms with Gasteiger partial charge in [-0.05, 0) is 43.7 Å². The van der Waals surface area contributed by atoms with Gasteiger partial charge in [0.1, 0.15) is 0 Å². The maximum absolute atomic E-state index is 12.8. The van der Waals surface area contributed by atoms with Gasteiger partial charge in [-0.2, -0.15) is 0 Å². The first kappa shape index (κ1) is 18.4. The summed E-state index contributed by atoms with van der Waals surface area (Å²) >= 11 is 7.35. The summed E-state index contributed by atoms with van der Waals surface area (Å²) in [5.41, 5.74) is 0.502. The number of hydrogen-bond acceptors (Lipinski definition) is 5. The molecule has 0 aliphatic carbocycles. The van der Waals surface area contributed by atoms with Crippen LogP contribution >= 0.6 is 22.9 Å². The second-order valence-electron chi connectivity index (χ2n) is 6.04. The first-order valence-electron chi connectivity index (χ1n) is 7.94. The number of carbonyl (C=O) groups is 2. The van der Waals surface area contributed by atoms with Crippen LogP contribution in [-0.2, 0) is 0 Å². The second kappa shape index (κ2) is 7.49. The summed E-state index contributed by atoms with van der Waals surface area (Å²) in [5, 5.41) is 16.1. The van der Waals surface area contributed by atoms with Crippen molar-refractivity contribution >= 4 is 45.7 Å². The van der Waals surface area contributed by atoms with E-state index in [-0.39, 0.29) is 17.2 Å². The van der Waals surface area contributed by atoms with Crippen molar-refractivity contribution in [3.63, 3.8) is 0 Å². The number of benzene rings is 1. The zero-order chi connectivity index (χ0) is 18.8. The Hall–Kier alpha value is -2.35. The number of aromatic nitrogens is 1. The van der Waals surface area contributed by atoms with E-state index < -0.39 is 6.03 Å². The van der Waals surface area contributed by atoms with Crippen LogP contribution in [0.4, 0.5) is 4.79 Å². The minimum atomic E-state index is -0.498. The van der Waals surface area contributed by atoms with Crippen LogP contribution in [0.1, 0.15) is 15.2 Å². The highest BCUT2D eigenvalue weighted by Gasteiger charge is 2.27. The van der Waals surface area contributed by atoms with Crippen molar-refractivity contribution in [3.05, 3.63) is 51.2 Å². The maximum Gasteiger partial charge on any atom is 0.328 e. The van der Waals surface area contributed by atoms with Crippen molar-refractivity contribution < 1.29 is 14.7 Å². The Labute approximate surface area is 159 Å². The molecule has 6 nitrogen and oxygen atoms in total. The normalized spacial score (nSPS) is 11.2. The van der Waals surface area contributed by atoms with Gasteiger partial charge in [-0.1, -0.05) is 17.7 Å². The topological polar surface area (TPSA) is 74.6 Å². The molecule has 26 heavy (non-hydrogen) atoms. The molecule has 136 valence electrons. The molecule has 1 amide bonds. The van der Waals surface area contributed by atoms with Gasteiger partial charge in [0.15, 0.2) is 0 Å². The van der Waals surface area contributed by atoms with Gasteiger partial charge >= 0.3 is 6.03 Å². The van der Waals surface area contributed by atoms with Crippen molar-refractivity contribution in [2.75, 3.05) is 27.2 Å². The molecule has 0 fully saturated rings. The fraction of sp³-hybridized carbons (Fsp3) is 0.222. The number of halogens is 1. The van der Waals surface area contributed by atoms with Crippen LogP contribution in [0.25, 0.3) is 10.9 Å². The fourth-order valence-corrected chi connectivity index (χ4v) is 3.52. The lowest BCUT2D eigenvalue weighted by Crippen LogP contribution is -2.34. The molecule has 3 rings (SSSR count). The van der Waals surface area contributed by atoms with Gasteiger partial charge in [0.25, 0.3) is 0 Å². The third-order valence-electron chi connectivity index (χ3n) is 3.91. The smallest absolute Gasteiger partial charge is 0.328 e. The predicted octanol–water partition coefficient (Wildman–Crippen LogP) is 3.41. The number of nitrogens with zero attached hydrogens (tertiary/aromatic N) is 2. The summed E-state index contributed by atoms with van der Waals surface area (Å²) in [6.45, 7) is 1.06. The van der Waals surface area contributed by atoms with Gasteiger partial charge < -0.3 is 15.3 Å². The zero-order valence-corrected chi connectivity index (χ0v) is 15.9. The van der Waals surface area contributed by atoms with Gasteiger partial charge in [-0.15, -0.1) is 11.3 Å². The molecule has 0 unspecified atom stereocenters.